The number of benzene rings is 1. The molecule has 0 bridgehead atoms. The summed E-state index contributed by atoms with van der Waals surface area (Å²) in [5.41, 5.74) is 2.32. The molecular weight excluding hydrogens is 350 g/mol. The lowest BCUT2D eigenvalue weighted by Gasteiger charge is -2.37. The van der Waals surface area contributed by atoms with Gasteiger partial charge >= 0.3 is 0 Å². The number of hydrogen-bond donors (Lipinski definition) is 3. The van der Waals surface area contributed by atoms with E-state index in [0.717, 1.165) is 36.7 Å². The zero-order valence-corrected chi connectivity index (χ0v) is 16.9. The highest BCUT2D eigenvalue weighted by molar-refractivity contribution is 5.79. The summed E-state index contributed by atoms with van der Waals surface area (Å²) in [7, 11) is 0. The molecule has 28 heavy (non-hydrogen) atoms. The summed E-state index contributed by atoms with van der Waals surface area (Å²) in [6.45, 7) is 4.60. The first-order chi connectivity index (χ1) is 13.7. The largest absolute Gasteiger partial charge is 0.396 e. The second-order valence-electron chi connectivity index (χ2n) is 7.71. The molecule has 0 saturated heterocycles. The molecule has 0 aliphatic heterocycles. The monoisotopic (exact) mass is 383 g/mol. The van der Waals surface area contributed by atoms with Crippen molar-refractivity contribution in [2.24, 2.45) is 10.4 Å². The summed E-state index contributed by atoms with van der Waals surface area (Å²) in [5, 5.41) is 20.8. The number of aliphatic hydroxyl groups excluding tert-OH is 1. The van der Waals surface area contributed by atoms with E-state index in [4.69, 9.17) is 4.99 Å². The van der Waals surface area contributed by atoms with Gasteiger partial charge < -0.3 is 15.7 Å². The average molecular weight is 384 g/mol. The van der Waals surface area contributed by atoms with Gasteiger partial charge in [0.15, 0.2) is 5.96 Å². The fourth-order valence-electron chi connectivity index (χ4n) is 4.00. The molecular formula is C22H33N5O. The second-order valence-corrected chi connectivity index (χ2v) is 7.71. The van der Waals surface area contributed by atoms with Crippen molar-refractivity contribution in [2.45, 2.75) is 52.0 Å². The van der Waals surface area contributed by atoms with Gasteiger partial charge in [0.05, 0.1) is 18.4 Å². The highest BCUT2D eigenvalue weighted by Gasteiger charge is 2.31. The normalized spacial score (nSPS) is 16.7. The van der Waals surface area contributed by atoms with E-state index in [1.54, 1.807) is 0 Å². The Morgan fingerprint density at radius 3 is 2.68 bits per heavy atom. The lowest BCUT2D eigenvalue weighted by atomic mass is 9.72. The lowest BCUT2D eigenvalue weighted by molar-refractivity contribution is 0.131. The first-order valence-corrected chi connectivity index (χ1v) is 10.5. The van der Waals surface area contributed by atoms with E-state index in [9.17, 15) is 5.11 Å². The number of aromatic nitrogens is 2. The number of nitrogens with one attached hydrogen (secondary N) is 2. The number of guanidine groups is 1. The molecule has 0 amide bonds. The van der Waals surface area contributed by atoms with Gasteiger partial charge in [0.2, 0.25) is 0 Å². The summed E-state index contributed by atoms with van der Waals surface area (Å²) < 4.78 is 1.88. The van der Waals surface area contributed by atoms with Crippen LogP contribution in [0.5, 0.6) is 0 Å². The van der Waals surface area contributed by atoms with Crippen LogP contribution in [0, 0.1) is 5.41 Å². The molecule has 0 atom stereocenters. The number of rotatable bonds is 8. The summed E-state index contributed by atoms with van der Waals surface area (Å²) >= 11 is 0. The quantitative estimate of drug-likeness (QED) is 0.483. The smallest absolute Gasteiger partial charge is 0.191 e. The molecule has 1 saturated carbocycles. The highest BCUT2D eigenvalue weighted by Crippen LogP contribution is 2.38. The number of hydrogen-bond acceptors (Lipinski definition) is 3. The fourth-order valence-corrected chi connectivity index (χ4v) is 4.00. The zero-order chi connectivity index (χ0) is 19.7. The van der Waals surface area contributed by atoms with E-state index in [1.807, 2.05) is 47.4 Å². The molecule has 0 unspecified atom stereocenters. The molecule has 1 aromatic heterocycles. The Hall–Kier alpha value is -2.34. The Morgan fingerprint density at radius 1 is 1.18 bits per heavy atom. The Bertz CT molecular complexity index is 729. The average Bonchev–Trinajstić information content (AvgIpc) is 3.21. The molecule has 2 aromatic rings. The summed E-state index contributed by atoms with van der Waals surface area (Å²) in [5.74, 6) is 0.831. The molecule has 3 rings (SSSR count). The molecule has 3 N–H and O–H groups in total. The molecule has 0 spiro atoms. The van der Waals surface area contributed by atoms with E-state index in [2.05, 4.69) is 22.7 Å². The summed E-state index contributed by atoms with van der Waals surface area (Å²) in [6.07, 6.45) is 11.0. The Kier molecular flexibility index (Phi) is 7.48. The molecule has 1 aliphatic carbocycles. The first-order valence-electron chi connectivity index (χ1n) is 10.5. The third-order valence-electron chi connectivity index (χ3n) is 5.61. The van der Waals surface area contributed by atoms with Gasteiger partial charge in [-0.1, -0.05) is 37.5 Å². The van der Waals surface area contributed by atoms with E-state index in [0.29, 0.717) is 6.54 Å². The van der Waals surface area contributed by atoms with Crippen LogP contribution in [0.15, 0.2) is 47.7 Å². The standard InChI is InChI=1S/C22H33N5O/c1-2-23-21(25-18-22(13-14-28)11-7-4-8-12-22)24-15-19-16-26-27(17-19)20-9-5-3-6-10-20/h3,5-6,9-10,16-17,28H,2,4,7-8,11-15,18H2,1H3,(H2,23,24,25). The van der Waals surface area contributed by atoms with Crippen molar-refractivity contribution in [2.75, 3.05) is 19.7 Å². The fraction of sp³-hybridized carbons (Fsp3) is 0.545. The van der Waals surface area contributed by atoms with Crippen LogP contribution < -0.4 is 10.6 Å². The van der Waals surface area contributed by atoms with Crippen LogP contribution in [-0.2, 0) is 6.54 Å². The van der Waals surface area contributed by atoms with E-state index >= 15 is 0 Å². The van der Waals surface area contributed by atoms with Crippen LogP contribution >= 0.6 is 0 Å². The van der Waals surface area contributed by atoms with Crippen LogP contribution in [0.25, 0.3) is 5.69 Å². The van der Waals surface area contributed by atoms with Crippen LogP contribution in [-0.4, -0.2) is 40.5 Å². The van der Waals surface area contributed by atoms with Gasteiger partial charge in [0, 0.05) is 31.5 Å². The van der Waals surface area contributed by atoms with Crippen molar-refractivity contribution in [3.8, 4) is 5.69 Å². The number of nitrogens with zero attached hydrogens (tertiary/aromatic N) is 3. The minimum atomic E-state index is 0.196. The van der Waals surface area contributed by atoms with E-state index < -0.39 is 0 Å². The van der Waals surface area contributed by atoms with E-state index in [1.165, 1.54) is 32.1 Å². The molecule has 0 radical (unpaired) electrons. The molecule has 1 aliphatic rings. The predicted molar refractivity (Wildman–Crippen MR) is 114 cm³/mol. The van der Waals surface area contributed by atoms with Crippen molar-refractivity contribution in [1.82, 2.24) is 20.4 Å². The number of aliphatic imine (C=N–C) groups is 1. The van der Waals surface area contributed by atoms with Gasteiger partial charge in [0.25, 0.3) is 0 Å². The minimum absolute atomic E-state index is 0.196. The van der Waals surface area contributed by atoms with Crippen molar-refractivity contribution >= 4 is 5.96 Å². The molecule has 6 heteroatoms. The topological polar surface area (TPSA) is 74.5 Å². The van der Waals surface area contributed by atoms with Gasteiger partial charge in [-0.3, -0.25) is 0 Å². The Morgan fingerprint density at radius 2 is 1.96 bits per heavy atom. The molecule has 152 valence electrons. The molecule has 1 heterocycles. The summed E-state index contributed by atoms with van der Waals surface area (Å²) in [4.78, 5) is 4.74. The van der Waals surface area contributed by atoms with Gasteiger partial charge in [-0.15, -0.1) is 0 Å². The van der Waals surface area contributed by atoms with Crippen molar-refractivity contribution < 1.29 is 5.11 Å². The lowest BCUT2D eigenvalue weighted by Crippen LogP contribution is -2.44. The number of aliphatic hydroxyl groups is 1. The van der Waals surface area contributed by atoms with Crippen molar-refractivity contribution in [3.63, 3.8) is 0 Å². The second kappa shape index (κ2) is 10.3. The van der Waals surface area contributed by atoms with Gasteiger partial charge in [-0.25, -0.2) is 9.67 Å². The number of para-hydroxylation sites is 1. The third kappa shape index (κ3) is 5.58. The molecule has 1 fully saturated rings. The van der Waals surface area contributed by atoms with Crippen molar-refractivity contribution in [1.29, 1.82) is 0 Å². The third-order valence-corrected chi connectivity index (χ3v) is 5.61. The Labute approximate surface area is 168 Å². The van der Waals surface area contributed by atoms with Crippen molar-refractivity contribution in [3.05, 3.63) is 48.3 Å². The van der Waals surface area contributed by atoms with E-state index in [-0.39, 0.29) is 12.0 Å². The zero-order valence-electron chi connectivity index (χ0n) is 16.9. The first kappa shape index (κ1) is 20.4. The predicted octanol–water partition coefficient (Wildman–Crippen LogP) is 3.26. The van der Waals surface area contributed by atoms with Gasteiger partial charge in [-0.2, -0.15) is 5.10 Å². The van der Waals surface area contributed by atoms with Crippen LogP contribution in [0.4, 0.5) is 0 Å². The van der Waals surface area contributed by atoms with Crippen LogP contribution in [0.3, 0.4) is 0 Å². The molecule has 1 aromatic carbocycles. The van der Waals surface area contributed by atoms with Gasteiger partial charge in [0.1, 0.15) is 0 Å². The van der Waals surface area contributed by atoms with Crippen LogP contribution in [0.2, 0.25) is 0 Å². The van der Waals surface area contributed by atoms with Gasteiger partial charge in [-0.05, 0) is 43.7 Å². The minimum Gasteiger partial charge on any atom is -0.396 e. The SMILES string of the molecule is CCNC(=NCc1cnn(-c2ccccc2)c1)NCC1(CCO)CCCCC1. The molecule has 6 nitrogen and oxygen atoms in total. The maximum atomic E-state index is 9.52. The maximum Gasteiger partial charge on any atom is 0.191 e. The maximum absolute atomic E-state index is 9.52. The van der Waals surface area contributed by atoms with Crippen LogP contribution in [0.1, 0.15) is 51.0 Å². The summed E-state index contributed by atoms with van der Waals surface area (Å²) in [6, 6.07) is 10.1. The highest BCUT2D eigenvalue weighted by atomic mass is 16.3. The Balaban J connectivity index is 1.61.